The standard InChI is InChI=1S/C18H19ClN2O2/c1-13-7-3-4-8-15(13)11-21(14(2)22)12-18(23)20-17-10-6-5-9-16(17)19/h3-10H,11-12H2,1-2H3,(H,20,23). The van der Waals surface area contributed by atoms with Gasteiger partial charge in [-0.2, -0.15) is 0 Å². The van der Waals surface area contributed by atoms with Gasteiger partial charge in [0.05, 0.1) is 10.7 Å². The summed E-state index contributed by atoms with van der Waals surface area (Å²) in [6.07, 6.45) is 0. The normalized spacial score (nSPS) is 10.2. The minimum absolute atomic E-state index is 0.0190. The zero-order chi connectivity index (χ0) is 16.8. The number of benzene rings is 2. The van der Waals surface area contributed by atoms with Crippen LogP contribution in [0.15, 0.2) is 48.5 Å². The molecule has 120 valence electrons. The van der Waals surface area contributed by atoms with Gasteiger partial charge in [0.15, 0.2) is 0 Å². The quantitative estimate of drug-likeness (QED) is 0.910. The van der Waals surface area contributed by atoms with Crippen molar-refractivity contribution in [3.05, 3.63) is 64.7 Å². The Kier molecular flexibility index (Phi) is 5.77. The van der Waals surface area contributed by atoms with E-state index in [1.165, 1.54) is 11.8 Å². The number of halogens is 1. The van der Waals surface area contributed by atoms with E-state index in [2.05, 4.69) is 5.32 Å². The van der Waals surface area contributed by atoms with Crippen molar-refractivity contribution in [1.82, 2.24) is 4.90 Å². The Labute approximate surface area is 141 Å². The molecule has 0 fully saturated rings. The maximum absolute atomic E-state index is 12.2. The van der Waals surface area contributed by atoms with Gasteiger partial charge in [0.25, 0.3) is 0 Å². The zero-order valence-electron chi connectivity index (χ0n) is 13.2. The molecule has 0 saturated carbocycles. The van der Waals surface area contributed by atoms with Crippen molar-refractivity contribution in [3.63, 3.8) is 0 Å². The van der Waals surface area contributed by atoms with Gasteiger partial charge in [-0.1, -0.05) is 48.0 Å². The van der Waals surface area contributed by atoms with Crippen LogP contribution in [0, 0.1) is 6.92 Å². The topological polar surface area (TPSA) is 49.4 Å². The first-order valence-electron chi connectivity index (χ1n) is 7.32. The van der Waals surface area contributed by atoms with Crippen molar-refractivity contribution in [2.75, 3.05) is 11.9 Å². The predicted molar refractivity (Wildman–Crippen MR) is 92.4 cm³/mol. The van der Waals surface area contributed by atoms with E-state index in [0.717, 1.165) is 11.1 Å². The van der Waals surface area contributed by atoms with Crippen molar-refractivity contribution in [2.24, 2.45) is 0 Å². The summed E-state index contributed by atoms with van der Waals surface area (Å²) in [7, 11) is 0. The Bertz CT molecular complexity index is 716. The lowest BCUT2D eigenvalue weighted by molar-refractivity contribution is -0.133. The molecule has 2 rings (SSSR count). The van der Waals surface area contributed by atoms with E-state index in [1.54, 1.807) is 24.3 Å². The van der Waals surface area contributed by atoms with Crippen LogP contribution in [0.2, 0.25) is 5.02 Å². The Morgan fingerprint density at radius 1 is 1.09 bits per heavy atom. The van der Waals surface area contributed by atoms with Crippen LogP contribution in [0.1, 0.15) is 18.1 Å². The number of para-hydroxylation sites is 1. The Balaban J connectivity index is 2.05. The lowest BCUT2D eigenvalue weighted by Gasteiger charge is -2.21. The lowest BCUT2D eigenvalue weighted by atomic mass is 10.1. The maximum Gasteiger partial charge on any atom is 0.244 e. The first kappa shape index (κ1) is 17.0. The molecule has 0 aliphatic rings. The van der Waals surface area contributed by atoms with Gasteiger partial charge in [-0.05, 0) is 30.2 Å². The third-order valence-electron chi connectivity index (χ3n) is 3.55. The molecule has 0 radical (unpaired) electrons. The number of hydrogen-bond acceptors (Lipinski definition) is 2. The second-order valence-corrected chi connectivity index (χ2v) is 5.74. The molecule has 0 spiro atoms. The Hall–Kier alpha value is -2.33. The van der Waals surface area contributed by atoms with E-state index in [9.17, 15) is 9.59 Å². The molecule has 0 heterocycles. The maximum atomic E-state index is 12.2. The number of carbonyl (C=O) groups is 2. The smallest absolute Gasteiger partial charge is 0.244 e. The molecule has 1 N–H and O–H groups in total. The number of carbonyl (C=O) groups excluding carboxylic acids is 2. The summed E-state index contributed by atoms with van der Waals surface area (Å²) in [4.78, 5) is 25.5. The summed E-state index contributed by atoms with van der Waals surface area (Å²) >= 11 is 6.02. The molecule has 4 nitrogen and oxygen atoms in total. The van der Waals surface area contributed by atoms with E-state index in [-0.39, 0.29) is 18.4 Å². The summed E-state index contributed by atoms with van der Waals surface area (Å²) < 4.78 is 0. The minimum atomic E-state index is -0.276. The van der Waals surface area contributed by atoms with Crippen LogP contribution in [-0.2, 0) is 16.1 Å². The molecule has 0 unspecified atom stereocenters. The molecule has 0 atom stereocenters. The highest BCUT2D eigenvalue weighted by Crippen LogP contribution is 2.20. The number of nitrogens with zero attached hydrogens (tertiary/aromatic N) is 1. The second-order valence-electron chi connectivity index (χ2n) is 5.33. The highest BCUT2D eigenvalue weighted by atomic mass is 35.5. The van der Waals surface area contributed by atoms with Gasteiger partial charge in [0, 0.05) is 13.5 Å². The van der Waals surface area contributed by atoms with Crippen LogP contribution in [0.5, 0.6) is 0 Å². The predicted octanol–water partition coefficient (Wildman–Crippen LogP) is 3.64. The van der Waals surface area contributed by atoms with Gasteiger partial charge in [-0.3, -0.25) is 9.59 Å². The first-order chi connectivity index (χ1) is 11.0. The number of aryl methyl sites for hydroxylation is 1. The van der Waals surface area contributed by atoms with Crippen molar-refractivity contribution in [3.8, 4) is 0 Å². The summed E-state index contributed by atoms with van der Waals surface area (Å²) in [5.41, 5.74) is 2.65. The summed E-state index contributed by atoms with van der Waals surface area (Å²) in [5.74, 6) is -0.426. The van der Waals surface area contributed by atoms with Crippen molar-refractivity contribution in [2.45, 2.75) is 20.4 Å². The van der Waals surface area contributed by atoms with E-state index >= 15 is 0 Å². The van der Waals surface area contributed by atoms with Gasteiger partial charge in [0.2, 0.25) is 11.8 Å². The van der Waals surface area contributed by atoms with Crippen LogP contribution in [0.4, 0.5) is 5.69 Å². The first-order valence-corrected chi connectivity index (χ1v) is 7.69. The minimum Gasteiger partial charge on any atom is -0.329 e. The van der Waals surface area contributed by atoms with Gasteiger partial charge in [0.1, 0.15) is 6.54 Å². The van der Waals surface area contributed by atoms with Gasteiger partial charge in [-0.25, -0.2) is 0 Å². The zero-order valence-corrected chi connectivity index (χ0v) is 13.9. The number of hydrogen-bond donors (Lipinski definition) is 1. The molecule has 0 aromatic heterocycles. The summed E-state index contributed by atoms with van der Waals surface area (Å²) in [6, 6.07) is 14.8. The highest BCUT2D eigenvalue weighted by molar-refractivity contribution is 6.33. The largest absolute Gasteiger partial charge is 0.329 e. The number of rotatable bonds is 5. The van der Waals surface area contributed by atoms with Crippen molar-refractivity contribution >= 4 is 29.1 Å². The third-order valence-corrected chi connectivity index (χ3v) is 3.88. The molecular weight excluding hydrogens is 312 g/mol. The van der Waals surface area contributed by atoms with Crippen LogP contribution in [0.3, 0.4) is 0 Å². The molecule has 23 heavy (non-hydrogen) atoms. The fourth-order valence-corrected chi connectivity index (χ4v) is 2.38. The molecule has 5 heteroatoms. The molecule has 0 bridgehead atoms. The average Bonchev–Trinajstić information content (AvgIpc) is 2.51. The van der Waals surface area contributed by atoms with Crippen molar-refractivity contribution in [1.29, 1.82) is 0 Å². The summed E-state index contributed by atoms with van der Waals surface area (Å²) in [6.45, 7) is 3.82. The monoisotopic (exact) mass is 330 g/mol. The van der Waals surface area contributed by atoms with Gasteiger partial charge < -0.3 is 10.2 Å². The van der Waals surface area contributed by atoms with Crippen LogP contribution in [0.25, 0.3) is 0 Å². The van der Waals surface area contributed by atoms with E-state index in [0.29, 0.717) is 17.3 Å². The van der Waals surface area contributed by atoms with Crippen LogP contribution < -0.4 is 5.32 Å². The van der Waals surface area contributed by atoms with E-state index in [4.69, 9.17) is 11.6 Å². The SMILES string of the molecule is CC(=O)N(CC(=O)Nc1ccccc1Cl)Cc1ccccc1C. The number of anilines is 1. The fourth-order valence-electron chi connectivity index (χ4n) is 2.20. The molecule has 0 aliphatic heterocycles. The Morgan fingerprint density at radius 3 is 2.39 bits per heavy atom. The second kappa shape index (κ2) is 7.79. The molecule has 2 aromatic carbocycles. The highest BCUT2D eigenvalue weighted by Gasteiger charge is 2.15. The van der Waals surface area contributed by atoms with E-state index in [1.807, 2.05) is 31.2 Å². The summed E-state index contributed by atoms with van der Waals surface area (Å²) in [5, 5.41) is 3.20. The average molecular weight is 331 g/mol. The van der Waals surface area contributed by atoms with E-state index < -0.39 is 0 Å². The number of nitrogens with one attached hydrogen (secondary N) is 1. The van der Waals surface area contributed by atoms with Gasteiger partial charge >= 0.3 is 0 Å². The lowest BCUT2D eigenvalue weighted by Crippen LogP contribution is -2.36. The molecule has 2 aromatic rings. The third kappa shape index (κ3) is 4.83. The number of amides is 2. The molecule has 0 saturated heterocycles. The fraction of sp³-hybridized carbons (Fsp3) is 0.222. The Morgan fingerprint density at radius 2 is 1.74 bits per heavy atom. The van der Waals surface area contributed by atoms with Crippen LogP contribution in [-0.4, -0.2) is 23.3 Å². The van der Waals surface area contributed by atoms with Gasteiger partial charge in [-0.15, -0.1) is 0 Å². The molecule has 0 aliphatic carbocycles. The molecular formula is C18H19ClN2O2. The van der Waals surface area contributed by atoms with Crippen molar-refractivity contribution < 1.29 is 9.59 Å². The molecule has 2 amide bonds. The van der Waals surface area contributed by atoms with Crippen LogP contribution >= 0.6 is 11.6 Å².